The molecule has 0 unspecified atom stereocenters. The van der Waals surface area contributed by atoms with Gasteiger partial charge < -0.3 is 15.7 Å². The predicted octanol–water partition coefficient (Wildman–Crippen LogP) is 0.997. The standard InChI is InChI=1S/C19H26N2O/c1-15(17-9-5-3-6-10-17)20-13-19(22)14-21-16(2)18-11-7-4-8-12-18/h3-12,15-16,19-22H,13-14H2,1-2H3/p+2/t15-,16-/m0/s1. The third kappa shape index (κ3) is 5.26. The minimum atomic E-state index is -0.294. The van der Waals surface area contributed by atoms with Gasteiger partial charge >= 0.3 is 0 Å². The number of hydrogen-bond donors (Lipinski definition) is 3. The average molecular weight is 300 g/mol. The molecule has 22 heavy (non-hydrogen) atoms. The fraction of sp³-hybridized carbons (Fsp3) is 0.368. The number of aliphatic hydroxyl groups is 1. The van der Waals surface area contributed by atoms with E-state index in [0.717, 1.165) is 13.1 Å². The Hall–Kier alpha value is -1.68. The van der Waals surface area contributed by atoms with Crippen molar-refractivity contribution in [2.24, 2.45) is 0 Å². The highest BCUT2D eigenvalue weighted by Crippen LogP contribution is 2.07. The Bertz CT molecular complexity index is 480. The van der Waals surface area contributed by atoms with E-state index in [9.17, 15) is 5.11 Å². The number of aliphatic hydroxyl groups excluding tert-OH is 1. The van der Waals surface area contributed by atoms with Crippen LogP contribution < -0.4 is 10.6 Å². The van der Waals surface area contributed by atoms with Crippen molar-refractivity contribution in [3.8, 4) is 0 Å². The molecule has 2 aromatic carbocycles. The van der Waals surface area contributed by atoms with Crippen LogP contribution in [-0.2, 0) is 0 Å². The van der Waals surface area contributed by atoms with E-state index >= 15 is 0 Å². The van der Waals surface area contributed by atoms with Crippen molar-refractivity contribution in [1.29, 1.82) is 0 Å². The molecule has 0 spiro atoms. The van der Waals surface area contributed by atoms with Gasteiger partial charge in [-0.1, -0.05) is 60.7 Å². The molecule has 0 aromatic heterocycles. The lowest BCUT2D eigenvalue weighted by Gasteiger charge is -2.16. The summed E-state index contributed by atoms with van der Waals surface area (Å²) in [7, 11) is 0. The lowest BCUT2D eigenvalue weighted by Crippen LogP contribution is -2.92. The summed E-state index contributed by atoms with van der Waals surface area (Å²) in [5.74, 6) is 0. The first-order valence-electron chi connectivity index (χ1n) is 8.11. The maximum absolute atomic E-state index is 10.2. The topological polar surface area (TPSA) is 53.5 Å². The van der Waals surface area contributed by atoms with Gasteiger partial charge in [-0.15, -0.1) is 0 Å². The number of benzene rings is 2. The molecule has 5 N–H and O–H groups in total. The Morgan fingerprint density at radius 2 is 1.09 bits per heavy atom. The molecule has 3 nitrogen and oxygen atoms in total. The van der Waals surface area contributed by atoms with Gasteiger partial charge in [0.05, 0.1) is 0 Å². The summed E-state index contributed by atoms with van der Waals surface area (Å²) in [5, 5.41) is 14.6. The summed E-state index contributed by atoms with van der Waals surface area (Å²) in [6.07, 6.45) is -0.294. The maximum Gasteiger partial charge on any atom is 0.151 e. The van der Waals surface area contributed by atoms with Crippen molar-refractivity contribution in [3.63, 3.8) is 0 Å². The van der Waals surface area contributed by atoms with Crippen molar-refractivity contribution in [2.45, 2.75) is 32.0 Å². The van der Waals surface area contributed by atoms with Crippen molar-refractivity contribution in [2.75, 3.05) is 13.1 Å². The van der Waals surface area contributed by atoms with Crippen LogP contribution in [0.3, 0.4) is 0 Å². The first kappa shape index (κ1) is 16.7. The van der Waals surface area contributed by atoms with Crippen molar-refractivity contribution in [3.05, 3.63) is 71.8 Å². The molecule has 3 heteroatoms. The summed E-state index contributed by atoms with van der Waals surface area (Å²) >= 11 is 0. The van der Waals surface area contributed by atoms with Crippen molar-refractivity contribution >= 4 is 0 Å². The molecule has 0 heterocycles. The molecule has 0 saturated heterocycles. The van der Waals surface area contributed by atoms with Crippen molar-refractivity contribution < 1.29 is 15.7 Å². The van der Waals surface area contributed by atoms with Gasteiger partial charge in [-0.3, -0.25) is 0 Å². The summed E-state index contributed by atoms with van der Waals surface area (Å²) < 4.78 is 0. The van der Waals surface area contributed by atoms with Crippen molar-refractivity contribution in [1.82, 2.24) is 0 Å². The Kier molecular flexibility index (Phi) is 6.59. The Balaban J connectivity index is 1.71. The van der Waals surface area contributed by atoms with Crippen LogP contribution in [0, 0.1) is 0 Å². The van der Waals surface area contributed by atoms with E-state index in [2.05, 4.69) is 73.0 Å². The number of hydrogen-bond acceptors (Lipinski definition) is 1. The lowest BCUT2D eigenvalue weighted by molar-refractivity contribution is -0.725. The van der Waals surface area contributed by atoms with Crippen LogP contribution in [0.15, 0.2) is 60.7 Å². The van der Waals surface area contributed by atoms with Gasteiger partial charge in [0, 0.05) is 11.1 Å². The molecular weight excluding hydrogens is 272 g/mol. The van der Waals surface area contributed by atoms with Gasteiger partial charge in [0.15, 0.2) is 6.10 Å². The van der Waals surface area contributed by atoms with Gasteiger partial charge in [-0.25, -0.2) is 0 Å². The van der Waals surface area contributed by atoms with E-state index in [-0.39, 0.29) is 6.10 Å². The van der Waals surface area contributed by atoms with Crippen LogP contribution in [0.25, 0.3) is 0 Å². The zero-order valence-electron chi connectivity index (χ0n) is 13.5. The van der Waals surface area contributed by atoms with Crippen LogP contribution in [0.5, 0.6) is 0 Å². The van der Waals surface area contributed by atoms with E-state index in [1.165, 1.54) is 11.1 Å². The summed E-state index contributed by atoms with van der Waals surface area (Å²) in [6.45, 7) is 5.82. The molecule has 2 rings (SSSR count). The first-order valence-corrected chi connectivity index (χ1v) is 8.11. The third-order valence-electron chi connectivity index (χ3n) is 4.17. The summed E-state index contributed by atoms with van der Waals surface area (Å²) in [6, 6.07) is 21.6. The van der Waals surface area contributed by atoms with E-state index < -0.39 is 0 Å². The first-order chi connectivity index (χ1) is 10.7. The largest absolute Gasteiger partial charge is 0.382 e. The highest BCUT2D eigenvalue weighted by Gasteiger charge is 2.15. The van der Waals surface area contributed by atoms with Gasteiger partial charge in [0.1, 0.15) is 25.2 Å². The molecule has 2 aromatic rings. The normalized spacial score (nSPS) is 14.0. The van der Waals surface area contributed by atoms with Crippen LogP contribution in [0.1, 0.15) is 37.1 Å². The second-order valence-electron chi connectivity index (χ2n) is 6.00. The predicted molar refractivity (Wildman–Crippen MR) is 89.3 cm³/mol. The highest BCUT2D eigenvalue weighted by atomic mass is 16.3. The molecule has 0 aliphatic rings. The Morgan fingerprint density at radius 3 is 1.45 bits per heavy atom. The van der Waals surface area contributed by atoms with Gasteiger partial charge in [-0.05, 0) is 13.8 Å². The van der Waals surface area contributed by atoms with E-state index in [1.807, 2.05) is 12.1 Å². The molecule has 0 saturated carbocycles. The minimum absolute atomic E-state index is 0.294. The minimum Gasteiger partial charge on any atom is -0.382 e. The molecule has 0 fully saturated rings. The number of nitrogens with two attached hydrogens (primary N) is 2. The van der Waals surface area contributed by atoms with E-state index in [1.54, 1.807) is 0 Å². The average Bonchev–Trinajstić information content (AvgIpc) is 2.59. The maximum atomic E-state index is 10.2. The van der Waals surface area contributed by atoms with Gasteiger partial charge in [-0.2, -0.15) is 0 Å². The fourth-order valence-electron chi connectivity index (χ4n) is 2.60. The molecule has 118 valence electrons. The van der Waals surface area contributed by atoms with Crippen LogP contribution in [-0.4, -0.2) is 24.3 Å². The molecule has 2 atom stereocenters. The van der Waals surface area contributed by atoms with Gasteiger partial charge in [0.25, 0.3) is 0 Å². The monoisotopic (exact) mass is 300 g/mol. The Labute approximate surface area is 133 Å². The SMILES string of the molecule is C[C@H]([NH2+]CC(O)C[NH2+][C@@H](C)c1ccccc1)c1ccccc1. The van der Waals surface area contributed by atoms with Crippen LogP contribution >= 0.6 is 0 Å². The smallest absolute Gasteiger partial charge is 0.151 e. The summed E-state index contributed by atoms with van der Waals surface area (Å²) in [5.41, 5.74) is 2.60. The molecule has 0 amide bonds. The second kappa shape index (κ2) is 8.69. The third-order valence-corrected chi connectivity index (χ3v) is 4.17. The molecular formula is C19H28N2O+2. The molecule has 0 aliphatic heterocycles. The lowest BCUT2D eigenvalue weighted by atomic mass is 10.1. The van der Waals surface area contributed by atoms with Crippen LogP contribution in [0.4, 0.5) is 0 Å². The molecule has 0 bridgehead atoms. The van der Waals surface area contributed by atoms with Crippen LogP contribution in [0.2, 0.25) is 0 Å². The summed E-state index contributed by atoms with van der Waals surface area (Å²) in [4.78, 5) is 0. The van der Waals surface area contributed by atoms with Gasteiger partial charge in [0.2, 0.25) is 0 Å². The quantitative estimate of drug-likeness (QED) is 0.669. The molecule has 0 aliphatic carbocycles. The number of rotatable bonds is 8. The Morgan fingerprint density at radius 1 is 0.727 bits per heavy atom. The zero-order chi connectivity index (χ0) is 15.8. The fourth-order valence-corrected chi connectivity index (χ4v) is 2.60. The molecule has 0 radical (unpaired) electrons. The zero-order valence-corrected chi connectivity index (χ0v) is 13.5. The van der Waals surface area contributed by atoms with E-state index in [4.69, 9.17) is 0 Å². The van der Waals surface area contributed by atoms with E-state index in [0.29, 0.717) is 12.1 Å². The second-order valence-corrected chi connectivity index (χ2v) is 6.00. The number of quaternary nitrogens is 2. The highest BCUT2D eigenvalue weighted by molar-refractivity contribution is 5.16.